The molecule has 0 nitrogen and oxygen atoms in total. The second kappa shape index (κ2) is 13.3. The first-order chi connectivity index (χ1) is 22.6. The van der Waals surface area contributed by atoms with Gasteiger partial charge in [0.05, 0.1) is 8.07 Å². The molecule has 2 atom stereocenters. The summed E-state index contributed by atoms with van der Waals surface area (Å²) in [6.07, 6.45) is 0. The first-order valence-electron chi connectivity index (χ1n) is 14.8. The number of hydrogen-bond acceptors (Lipinski definition) is 0. The van der Waals surface area contributed by atoms with Crippen LogP contribution in [0.4, 0.5) is 43.9 Å². The summed E-state index contributed by atoms with van der Waals surface area (Å²) in [5.74, 6) is -26.3. The highest BCUT2D eigenvalue weighted by atomic mass is 28.3. The Kier molecular flexibility index (Phi) is 9.69. The van der Waals surface area contributed by atoms with Gasteiger partial charge in [0.15, 0.2) is 58.2 Å². The summed E-state index contributed by atoms with van der Waals surface area (Å²) in [6, 6.07) is 21.6. The van der Waals surface area contributed by atoms with Gasteiger partial charge in [-0.15, -0.1) is 0 Å². The third kappa shape index (κ3) is 6.18. The average molecular weight is 688 g/mol. The molecule has 0 N–H and O–H groups in total. The molecule has 0 aliphatic heterocycles. The molecule has 2 unspecified atom stereocenters. The number of rotatable bonds is 8. The van der Waals surface area contributed by atoms with E-state index in [-0.39, 0.29) is 5.56 Å². The molecule has 0 radical (unpaired) electrons. The second-order valence-electron chi connectivity index (χ2n) is 12.7. The van der Waals surface area contributed by atoms with Crippen LogP contribution >= 0.6 is 0 Å². The van der Waals surface area contributed by atoms with Crippen molar-refractivity contribution in [3.05, 3.63) is 154 Å². The van der Waals surface area contributed by atoms with Crippen LogP contribution in [0.5, 0.6) is 0 Å². The molecule has 48 heavy (non-hydrogen) atoms. The predicted molar refractivity (Wildman–Crippen MR) is 169 cm³/mol. The van der Waals surface area contributed by atoms with Gasteiger partial charge in [0, 0.05) is 10.9 Å². The van der Waals surface area contributed by atoms with Gasteiger partial charge in [0.1, 0.15) is 0 Å². The van der Waals surface area contributed by atoms with Gasteiger partial charge in [0.2, 0.25) is 6.71 Å². The second-order valence-corrected chi connectivity index (χ2v) is 18.1. The maximum atomic E-state index is 15.8. The SMILES string of the molecule is Cc1ccc(-c2ccc(C(B(c3c(F)c(F)c(F)c(F)c3F)c3c(F)c(F)c(F)c(F)c3F)C(c3ccccc3)[Si](C)(C)C)cc2)cc1. The summed E-state index contributed by atoms with van der Waals surface area (Å²) in [5.41, 5.74) is -1.45. The van der Waals surface area contributed by atoms with Crippen molar-refractivity contribution in [1.29, 1.82) is 0 Å². The van der Waals surface area contributed by atoms with Crippen molar-refractivity contribution < 1.29 is 43.9 Å². The van der Waals surface area contributed by atoms with Crippen LogP contribution in [0, 0.1) is 65.1 Å². The number of benzene rings is 5. The first kappa shape index (κ1) is 35.0. The highest BCUT2D eigenvalue weighted by molar-refractivity contribution is 6.89. The van der Waals surface area contributed by atoms with Crippen molar-refractivity contribution in [2.24, 2.45) is 0 Å². The number of aryl methyl sites for hydroxylation is 1. The topological polar surface area (TPSA) is 0 Å². The van der Waals surface area contributed by atoms with Gasteiger partial charge in [0.25, 0.3) is 0 Å². The minimum Gasteiger partial charge on any atom is -0.204 e. The largest absolute Gasteiger partial charge is 0.233 e. The Balaban J connectivity index is 1.95. The van der Waals surface area contributed by atoms with Gasteiger partial charge in [-0.05, 0) is 35.0 Å². The zero-order valence-electron chi connectivity index (χ0n) is 26.0. The van der Waals surface area contributed by atoms with Gasteiger partial charge >= 0.3 is 0 Å². The molecule has 0 saturated heterocycles. The van der Waals surface area contributed by atoms with Crippen LogP contribution < -0.4 is 10.9 Å². The molecule has 0 bridgehead atoms. The van der Waals surface area contributed by atoms with E-state index < -0.39 is 95.2 Å². The van der Waals surface area contributed by atoms with E-state index in [9.17, 15) is 26.3 Å². The van der Waals surface area contributed by atoms with Crippen LogP contribution in [-0.4, -0.2) is 14.8 Å². The fourth-order valence-corrected chi connectivity index (χ4v) is 9.08. The summed E-state index contributed by atoms with van der Waals surface area (Å²) >= 11 is 0. The summed E-state index contributed by atoms with van der Waals surface area (Å²) < 4.78 is 151. The molecule has 5 rings (SSSR count). The van der Waals surface area contributed by atoms with Gasteiger partial charge in [-0.25, -0.2) is 43.9 Å². The van der Waals surface area contributed by atoms with Gasteiger partial charge in [-0.1, -0.05) is 110 Å². The third-order valence-corrected chi connectivity index (χ3v) is 11.2. The standard InChI is InChI=1S/C36H27BF10Si/c1-18-10-12-19(13-11-18)20-14-16-21(17-15-20)23(36(48(2,3)4)22-8-6-5-7-9-22)37(24-26(38)30(42)34(46)31(43)27(24)39)25-28(40)32(44)35(47)33(45)29(25)41/h5-17,23,36H,1-4H3. The molecule has 0 fully saturated rings. The lowest BCUT2D eigenvalue weighted by atomic mass is 9.31. The van der Waals surface area contributed by atoms with Gasteiger partial charge < -0.3 is 0 Å². The fourth-order valence-electron chi connectivity index (χ4n) is 6.42. The average Bonchev–Trinajstić information content (AvgIpc) is 3.07. The molecule has 0 saturated carbocycles. The van der Waals surface area contributed by atoms with E-state index in [1.807, 2.05) is 31.2 Å². The van der Waals surface area contributed by atoms with E-state index >= 15 is 17.6 Å². The molecule has 12 heteroatoms. The number of hydrogen-bond donors (Lipinski definition) is 0. The summed E-state index contributed by atoms with van der Waals surface area (Å²) in [5, 5.41) is 0. The molecule has 0 heterocycles. The molecule has 0 spiro atoms. The zero-order valence-corrected chi connectivity index (χ0v) is 27.0. The quantitative estimate of drug-likeness (QED) is 0.0660. The van der Waals surface area contributed by atoms with E-state index in [4.69, 9.17) is 0 Å². The Bertz CT molecular complexity index is 1850. The molecule has 0 aromatic heterocycles. The zero-order chi connectivity index (χ0) is 35.2. The summed E-state index contributed by atoms with van der Waals surface area (Å²) in [6.45, 7) is 4.68. The molecule has 0 amide bonds. The fraction of sp³-hybridized carbons (Fsp3) is 0.167. The lowest BCUT2D eigenvalue weighted by Crippen LogP contribution is -2.58. The van der Waals surface area contributed by atoms with Crippen LogP contribution in [-0.2, 0) is 0 Å². The van der Waals surface area contributed by atoms with Crippen molar-refractivity contribution in [2.45, 2.75) is 37.9 Å². The number of halogens is 10. The van der Waals surface area contributed by atoms with Gasteiger partial charge in [-0.3, -0.25) is 0 Å². The Morgan fingerprint density at radius 3 is 1.17 bits per heavy atom. The maximum absolute atomic E-state index is 15.8. The molecule has 0 aliphatic rings. The summed E-state index contributed by atoms with van der Waals surface area (Å²) in [4.78, 5) is 0. The molecular formula is C36H27BF10Si. The molecule has 5 aromatic rings. The minimum atomic E-state index is -2.84. The van der Waals surface area contributed by atoms with Crippen LogP contribution in [0.15, 0.2) is 78.9 Å². The Labute approximate surface area is 272 Å². The molecular weight excluding hydrogens is 661 g/mol. The Morgan fingerprint density at radius 2 is 0.792 bits per heavy atom. The lowest BCUT2D eigenvalue weighted by molar-refractivity contribution is 0.381. The van der Waals surface area contributed by atoms with Crippen molar-refractivity contribution in [1.82, 2.24) is 0 Å². The van der Waals surface area contributed by atoms with E-state index in [0.717, 1.165) is 11.1 Å². The molecule has 5 aromatic carbocycles. The van der Waals surface area contributed by atoms with Crippen LogP contribution in [0.1, 0.15) is 28.0 Å². The highest BCUT2D eigenvalue weighted by Gasteiger charge is 2.49. The van der Waals surface area contributed by atoms with E-state index in [1.54, 1.807) is 62.1 Å². The lowest BCUT2D eigenvalue weighted by Gasteiger charge is -2.40. The Hall–Kier alpha value is -4.32. The minimum absolute atomic E-state index is 0.0972. The van der Waals surface area contributed by atoms with E-state index in [0.29, 0.717) is 11.1 Å². The highest BCUT2D eigenvalue weighted by Crippen LogP contribution is 2.43. The van der Waals surface area contributed by atoms with Crippen molar-refractivity contribution >= 4 is 25.7 Å². The summed E-state index contributed by atoms with van der Waals surface area (Å²) in [7, 11) is -2.84. The monoisotopic (exact) mass is 688 g/mol. The first-order valence-corrected chi connectivity index (χ1v) is 18.4. The molecule has 248 valence electrons. The predicted octanol–water partition coefficient (Wildman–Crippen LogP) is 9.65. The van der Waals surface area contributed by atoms with Crippen molar-refractivity contribution in [2.75, 3.05) is 0 Å². The smallest absolute Gasteiger partial charge is 0.204 e. The van der Waals surface area contributed by atoms with Gasteiger partial charge in [-0.2, -0.15) is 0 Å². The third-order valence-electron chi connectivity index (χ3n) is 8.60. The van der Waals surface area contributed by atoms with Crippen LogP contribution in [0.3, 0.4) is 0 Å². The molecule has 0 aliphatic carbocycles. The van der Waals surface area contributed by atoms with Crippen LogP contribution in [0.2, 0.25) is 19.6 Å². The van der Waals surface area contributed by atoms with Crippen LogP contribution in [0.25, 0.3) is 11.1 Å². The van der Waals surface area contributed by atoms with Crippen molar-refractivity contribution in [3.63, 3.8) is 0 Å². The van der Waals surface area contributed by atoms with E-state index in [1.165, 1.54) is 12.1 Å². The maximum Gasteiger partial charge on any atom is 0.233 e. The Morgan fingerprint density at radius 1 is 0.438 bits per heavy atom. The van der Waals surface area contributed by atoms with Crippen molar-refractivity contribution in [3.8, 4) is 11.1 Å². The van der Waals surface area contributed by atoms with E-state index in [2.05, 4.69) is 0 Å². The normalized spacial score (nSPS) is 13.0.